The third-order valence-corrected chi connectivity index (χ3v) is 5.79. The monoisotopic (exact) mass is 493 g/mol. The van der Waals surface area contributed by atoms with Crippen LogP contribution in [0.3, 0.4) is 0 Å². The lowest BCUT2D eigenvalue weighted by Crippen LogP contribution is -2.34. The summed E-state index contributed by atoms with van der Waals surface area (Å²) in [5.41, 5.74) is 5.89. The Morgan fingerprint density at radius 2 is 1.74 bits per heavy atom. The van der Waals surface area contributed by atoms with Gasteiger partial charge in [-0.05, 0) is 89.0 Å². The Hall–Kier alpha value is -3.10. The van der Waals surface area contributed by atoms with Gasteiger partial charge in [0.1, 0.15) is 11.0 Å². The number of aromatic nitrogens is 3. The number of fused-ring (bicyclic) bond motifs is 1. The zero-order valence-corrected chi connectivity index (χ0v) is 19.4. The summed E-state index contributed by atoms with van der Waals surface area (Å²) in [6.45, 7) is 4.08. The summed E-state index contributed by atoms with van der Waals surface area (Å²) in [5.74, 6) is -0.287. The molecule has 156 valence electrons. The fourth-order valence-corrected chi connectivity index (χ4v) is 3.82. The number of benzene rings is 3. The minimum absolute atomic E-state index is 0.214. The molecule has 3 aromatic carbocycles. The Balaban J connectivity index is 1.53. The summed E-state index contributed by atoms with van der Waals surface area (Å²) in [7, 11) is 0. The van der Waals surface area contributed by atoms with Crippen molar-refractivity contribution in [2.24, 2.45) is 0 Å². The highest BCUT2D eigenvalue weighted by atomic mass is 79.9. The van der Waals surface area contributed by atoms with Crippen LogP contribution in [0.2, 0.25) is 0 Å². The number of aryl methyl sites for hydroxylation is 2. The largest absolute Gasteiger partial charge is 0.332 e. The summed E-state index contributed by atoms with van der Waals surface area (Å²) in [5, 5.41) is 15.2. The summed E-state index contributed by atoms with van der Waals surface area (Å²) in [4.78, 5) is 14.1. The first-order valence-electron chi connectivity index (χ1n) is 9.78. The van der Waals surface area contributed by atoms with Crippen molar-refractivity contribution in [3.05, 3.63) is 81.8 Å². The molecular formula is C23H20BrN5OS. The lowest BCUT2D eigenvalue weighted by atomic mass is 10.2. The smallest absolute Gasteiger partial charge is 0.258 e. The molecule has 1 amide bonds. The first-order chi connectivity index (χ1) is 14.9. The van der Waals surface area contributed by atoms with Crippen molar-refractivity contribution < 1.29 is 4.79 Å². The molecule has 0 unspecified atom stereocenters. The van der Waals surface area contributed by atoms with E-state index in [1.54, 1.807) is 16.9 Å². The topological polar surface area (TPSA) is 71.8 Å². The zero-order chi connectivity index (χ0) is 22.0. The van der Waals surface area contributed by atoms with Gasteiger partial charge in [0, 0.05) is 10.2 Å². The number of nitrogens with one attached hydrogen (secondary N) is 2. The van der Waals surface area contributed by atoms with Crippen LogP contribution in [-0.2, 0) is 6.42 Å². The van der Waals surface area contributed by atoms with Crippen molar-refractivity contribution in [3.8, 4) is 5.69 Å². The number of thiocarbonyl (C=S) groups is 1. The van der Waals surface area contributed by atoms with Gasteiger partial charge >= 0.3 is 0 Å². The fraction of sp³-hybridized carbons (Fsp3) is 0.130. The van der Waals surface area contributed by atoms with Gasteiger partial charge in [0.15, 0.2) is 5.11 Å². The predicted molar refractivity (Wildman–Crippen MR) is 131 cm³/mol. The van der Waals surface area contributed by atoms with E-state index in [4.69, 9.17) is 12.2 Å². The standard InChI is InChI=1S/C23H20BrN5OS/c1-3-15-8-10-16(11-9-15)29-27-20-12-14(2)19(13-21(20)28-29)25-23(31)26-22(30)17-6-4-5-7-18(17)24/h4-13H,3H2,1-2H3,(H2,25,26,30,31). The lowest BCUT2D eigenvalue weighted by molar-refractivity contribution is 0.0977. The second kappa shape index (κ2) is 8.95. The van der Waals surface area contributed by atoms with Gasteiger partial charge in [-0.2, -0.15) is 4.80 Å². The Kier molecular flexibility index (Phi) is 6.11. The van der Waals surface area contributed by atoms with E-state index in [9.17, 15) is 4.79 Å². The van der Waals surface area contributed by atoms with E-state index in [1.165, 1.54) is 5.56 Å². The Bertz CT molecular complexity index is 1280. The van der Waals surface area contributed by atoms with E-state index < -0.39 is 0 Å². The minimum atomic E-state index is -0.287. The highest BCUT2D eigenvalue weighted by Crippen LogP contribution is 2.22. The fourth-order valence-electron chi connectivity index (χ4n) is 3.15. The van der Waals surface area contributed by atoms with Crippen LogP contribution in [0.5, 0.6) is 0 Å². The van der Waals surface area contributed by atoms with Gasteiger partial charge in [-0.1, -0.05) is 31.2 Å². The van der Waals surface area contributed by atoms with Gasteiger partial charge in [0.25, 0.3) is 5.91 Å². The van der Waals surface area contributed by atoms with Crippen LogP contribution in [0, 0.1) is 6.92 Å². The highest BCUT2D eigenvalue weighted by Gasteiger charge is 2.13. The van der Waals surface area contributed by atoms with Gasteiger partial charge in [-0.25, -0.2) is 0 Å². The molecule has 0 saturated heterocycles. The van der Waals surface area contributed by atoms with Crippen molar-refractivity contribution in [1.29, 1.82) is 0 Å². The van der Waals surface area contributed by atoms with Gasteiger partial charge in [0.2, 0.25) is 0 Å². The van der Waals surface area contributed by atoms with Crippen LogP contribution in [0.4, 0.5) is 5.69 Å². The number of hydrogen-bond donors (Lipinski definition) is 2. The second-order valence-electron chi connectivity index (χ2n) is 7.05. The van der Waals surface area contributed by atoms with Gasteiger partial charge in [-0.15, -0.1) is 10.2 Å². The molecule has 4 aromatic rings. The molecule has 0 atom stereocenters. The molecule has 1 heterocycles. The number of hydrogen-bond acceptors (Lipinski definition) is 4. The first-order valence-corrected chi connectivity index (χ1v) is 11.0. The van der Waals surface area contributed by atoms with E-state index in [0.717, 1.165) is 34.4 Å². The van der Waals surface area contributed by atoms with E-state index in [0.29, 0.717) is 10.0 Å². The molecule has 2 N–H and O–H groups in total. The van der Waals surface area contributed by atoms with Crippen LogP contribution in [0.25, 0.3) is 16.7 Å². The Morgan fingerprint density at radius 1 is 1.06 bits per heavy atom. The van der Waals surface area contributed by atoms with Crippen molar-refractivity contribution in [2.45, 2.75) is 20.3 Å². The molecule has 31 heavy (non-hydrogen) atoms. The minimum Gasteiger partial charge on any atom is -0.332 e. The normalized spacial score (nSPS) is 10.8. The SMILES string of the molecule is CCc1ccc(-n2nc3cc(C)c(NC(=S)NC(=O)c4ccccc4Br)cc3n2)cc1. The number of halogens is 1. The van der Waals surface area contributed by atoms with E-state index in [2.05, 4.69) is 55.8 Å². The molecule has 0 saturated carbocycles. The average Bonchev–Trinajstić information content (AvgIpc) is 3.17. The van der Waals surface area contributed by atoms with Crippen LogP contribution in [0.1, 0.15) is 28.4 Å². The van der Waals surface area contributed by atoms with Crippen LogP contribution < -0.4 is 10.6 Å². The maximum absolute atomic E-state index is 12.5. The van der Waals surface area contributed by atoms with E-state index in [1.807, 2.05) is 43.3 Å². The Labute approximate surface area is 193 Å². The molecule has 0 aliphatic rings. The second-order valence-corrected chi connectivity index (χ2v) is 8.32. The van der Waals surface area contributed by atoms with Gasteiger partial charge in [-0.3, -0.25) is 10.1 Å². The number of carbonyl (C=O) groups excluding carboxylic acids is 1. The third-order valence-electron chi connectivity index (χ3n) is 4.90. The Morgan fingerprint density at radius 3 is 2.42 bits per heavy atom. The third kappa shape index (κ3) is 4.65. The maximum Gasteiger partial charge on any atom is 0.258 e. The molecule has 0 fully saturated rings. The number of amides is 1. The average molecular weight is 494 g/mol. The molecule has 0 spiro atoms. The molecule has 4 rings (SSSR count). The van der Waals surface area contributed by atoms with Gasteiger partial charge < -0.3 is 5.32 Å². The van der Waals surface area contributed by atoms with Crippen molar-refractivity contribution in [1.82, 2.24) is 20.3 Å². The predicted octanol–water partition coefficient (Wildman–Crippen LogP) is 5.18. The van der Waals surface area contributed by atoms with Crippen LogP contribution in [-0.4, -0.2) is 26.0 Å². The van der Waals surface area contributed by atoms with Crippen LogP contribution in [0.15, 0.2) is 65.1 Å². The molecule has 8 heteroatoms. The number of carbonyl (C=O) groups is 1. The van der Waals surface area contributed by atoms with E-state index in [-0.39, 0.29) is 11.0 Å². The summed E-state index contributed by atoms with van der Waals surface area (Å²) in [6, 6.07) is 19.2. The lowest BCUT2D eigenvalue weighted by Gasteiger charge is -2.12. The summed E-state index contributed by atoms with van der Waals surface area (Å²) < 4.78 is 0.705. The molecule has 6 nitrogen and oxygen atoms in total. The van der Waals surface area contributed by atoms with Crippen molar-refractivity contribution in [3.63, 3.8) is 0 Å². The first kappa shape index (κ1) is 21.1. The maximum atomic E-state index is 12.5. The highest BCUT2D eigenvalue weighted by molar-refractivity contribution is 9.10. The van der Waals surface area contributed by atoms with Crippen molar-refractivity contribution in [2.75, 3.05) is 5.32 Å². The number of rotatable bonds is 4. The zero-order valence-electron chi connectivity index (χ0n) is 17.0. The van der Waals surface area contributed by atoms with Gasteiger partial charge in [0.05, 0.1) is 11.3 Å². The molecular weight excluding hydrogens is 474 g/mol. The molecule has 1 aromatic heterocycles. The molecule has 0 aliphatic carbocycles. The van der Waals surface area contributed by atoms with Crippen LogP contribution >= 0.6 is 28.1 Å². The van der Waals surface area contributed by atoms with Crippen molar-refractivity contribution >= 4 is 55.9 Å². The van der Waals surface area contributed by atoms with E-state index >= 15 is 0 Å². The summed E-state index contributed by atoms with van der Waals surface area (Å²) >= 11 is 8.72. The number of nitrogens with zero attached hydrogens (tertiary/aromatic N) is 3. The molecule has 0 bridgehead atoms. The number of anilines is 1. The quantitative estimate of drug-likeness (QED) is 0.383. The summed E-state index contributed by atoms with van der Waals surface area (Å²) in [6.07, 6.45) is 0.987. The molecule has 0 aliphatic heterocycles. The molecule has 0 radical (unpaired) electrons.